The molecule has 1 aliphatic carbocycles. The molecule has 82 valence electrons. The van der Waals surface area contributed by atoms with Crippen LogP contribution in [0.25, 0.3) is 0 Å². The van der Waals surface area contributed by atoms with Gasteiger partial charge in [0.1, 0.15) is 0 Å². The van der Waals surface area contributed by atoms with Crippen LogP contribution in [0, 0.1) is 5.92 Å². The Morgan fingerprint density at radius 3 is 2.53 bits per heavy atom. The van der Waals surface area contributed by atoms with E-state index in [-0.39, 0.29) is 0 Å². The Morgan fingerprint density at radius 1 is 1.07 bits per heavy atom. The number of rotatable bonds is 3. The van der Waals surface area contributed by atoms with E-state index >= 15 is 0 Å². The monoisotopic (exact) mass is 203 g/mol. The van der Waals surface area contributed by atoms with Gasteiger partial charge in [-0.15, -0.1) is 0 Å². The number of anilines is 1. The molecule has 0 bridgehead atoms. The fraction of sp³-hybridized carbons (Fsp3) is 0.571. The summed E-state index contributed by atoms with van der Waals surface area (Å²) in [6.07, 6.45) is 3.87. The Kier molecular flexibility index (Phi) is 2.99. The molecule has 1 aromatic carbocycles. The average Bonchev–Trinajstić information content (AvgIpc) is 2.64. The van der Waals surface area contributed by atoms with Gasteiger partial charge in [0.15, 0.2) is 0 Å². The first-order valence-electron chi connectivity index (χ1n) is 6.05. The van der Waals surface area contributed by atoms with E-state index in [1.165, 1.54) is 24.9 Å². The van der Waals surface area contributed by atoms with E-state index in [1.807, 2.05) is 0 Å². The van der Waals surface area contributed by atoms with Crippen LogP contribution < -0.4 is 5.32 Å². The molecule has 0 aromatic heterocycles. The van der Waals surface area contributed by atoms with E-state index in [1.54, 1.807) is 11.1 Å². The molecule has 0 saturated heterocycles. The first kappa shape index (κ1) is 10.5. The van der Waals surface area contributed by atoms with Crippen molar-refractivity contribution in [3.63, 3.8) is 0 Å². The smallest absolute Gasteiger partial charge is 0.0345 e. The lowest BCUT2D eigenvalue weighted by atomic mass is 10.0. The average molecular weight is 203 g/mol. The molecule has 0 fully saturated rings. The van der Waals surface area contributed by atoms with Gasteiger partial charge in [-0.2, -0.15) is 0 Å². The number of hydrogen-bond donors (Lipinski definition) is 1. The van der Waals surface area contributed by atoms with E-state index < -0.39 is 0 Å². The lowest BCUT2D eigenvalue weighted by molar-refractivity contribution is 0.560. The second-order valence-electron chi connectivity index (χ2n) is 5.01. The Bertz CT molecular complexity index is 341. The van der Waals surface area contributed by atoms with Crippen molar-refractivity contribution < 1.29 is 0 Å². The standard InChI is InChI=1S/C14H21N/c1-10(2)11(3)15-14-8-7-12-5-4-6-13(12)9-14/h7-11,15H,4-6H2,1-3H3/t11-/m0/s1. The fourth-order valence-corrected chi connectivity index (χ4v) is 2.09. The van der Waals surface area contributed by atoms with Crippen molar-refractivity contribution in [1.82, 2.24) is 0 Å². The van der Waals surface area contributed by atoms with Gasteiger partial charge < -0.3 is 5.32 Å². The van der Waals surface area contributed by atoms with Gasteiger partial charge in [0.05, 0.1) is 0 Å². The van der Waals surface area contributed by atoms with Crippen molar-refractivity contribution in [2.45, 2.75) is 46.1 Å². The van der Waals surface area contributed by atoms with Crippen molar-refractivity contribution in [3.8, 4) is 0 Å². The first-order chi connectivity index (χ1) is 7.16. The van der Waals surface area contributed by atoms with Gasteiger partial charge in [-0.25, -0.2) is 0 Å². The van der Waals surface area contributed by atoms with Gasteiger partial charge in [-0.3, -0.25) is 0 Å². The van der Waals surface area contributed by atoms with Crippen molar-refractivity contribution in [3.05, 3.63) is 29.3 Å². The van der Waals surface area contributed by atoms with E-state index in [0.29, 0.717) is 12.0 Å². The van der Waals surface area contributed by atoms with Crippen LogP contribution in [0.5, 0.6) is 0 Å². The van der Waals surface area contributed by atoms with Crippen LogP contribution in [0.15, 0.2) is 18.2 Å². The summed E-state index contributed by atoms with van der Waals surface area (Å²) in [5.74, 6) is 0.679. The number of aryl methyl sites for hydroxylation is 2. The highest BCUT2D eigenvalue weighted by Crippen LogP contribution is 2.25. The summed E-state index contributed by atoms with van der Waals surface area (Å²) in [7, 11) is 0. The molecular formula is C14H21N. The Morgan fingerprint density at radius 2 is 1.80 bits per heavy atom. The molecule has 1 N–H and O–H groups in total. The van der Waals surface area contributed by atoms with Crippen LogP contribution in [0.3, 0.4) is 0 Å². The van der Waals surface area contributed by atoms with Gasteiger partial charge in [-0.1, -0.05) is 19.9 Å². The highest BCUT2D eigenvalue weighted by molar-refractivity contribution is 5.50. The number of fused-ring (bicyclic) bond motifs is 1. The van der Waals surface area contributed by atoms with Gasteiger partial charge in [0.2, 0.25) is 0 Å². The van der Waals surface area contributed by atoms with E-state index in [9.17, 15) is 0 Å². The summed E-state index contributed by atoms with van der Waals surface area (Å²) in [5, 5.41) is 3.57. The number of nitrogens with one attached hydrogen (secondary N) is 1. The van der Waals surface area contributed by atoms with Crippen LogP contribution in [-0.2, 0) is 12.8 Å². The van der Waals surface area contributed by atoms with E-state index in [4.69, 9.17) is 0 Å². The zero-order valence-electron chi connectivity index (χ0n) is 10.0. The minimum Gasteiger partial charge on any atom is -0.382 e. The Hall–Kier alpha value is -0.980. The normalized spacial score (nSPS) is 16.5. The lowest BCUT2D eigenvalue weighted by Gasteiger charge is -2.19. The van der Waals surface area contributed by atoms with E-state index in [0.717, 1.165) is 0 Å². The SMILES string of the molecule is CC(C)[C@H](C)Nc1ccc2c(c1)CCC2. The van der Waals surface area contributed by atoms with Crippen molar-refractivity contribution in [1.29, 1.82) is 0 Å². The van der Waals surface area contributed by atoms with Gasteiger partial charge in [0.25, 0.3) is 0 Å². The van der Waals surface area contributed by atoms with Crippen LogP contribution in [0.1, 0.15) is 38.3 Å². The molecule has 1 aliphatic rings. The van der Waals surface area contributed by atoms with Crippen LogP contribution in [0.2, 0.25) is 0 Å². The third-order valence-corrected chi connectivity index (χ3v) is 3.49. The summed E-state index contributed by atoms with van der Waals surface area (Å²) >= 11 is 0. The zero-order chi connectivity index (χ0) is 10.8. The topological polar surface area (TPSA) is 12.0 Å². The van der Waals surface area contributed by atoms with Crippen LogP contribution in [0.4, 0.5) is 5.69 Å². The lowest BCUT2D eigenvalue weighted by Crippen LogP contribution is -2.21. The second kappa shape index (κ2) is 4.26. The predicted octanol–water partition coefficient (Wildman–Crippen LogP) is 3.63. The van der Waals surface area contributed by atoms with Crippen LogP contribution >= 0.6 is 0 Å². The highest BCUT2D eigenvalue weighted by Gasteiger charge is 2.12. The van der Waals surface area contributed by atoms with Gasteiger partial charge in [-0.05, 0) is 55.4 Å². The largest absolute Gasteiger partial charge is 0.382 e. The maximum Gasteiger partial charge on any atom is 0.0345 e. The molecule has 1 atom stereocenters. The molecule has 0 radical (unpaired) electrons. The predicted molar refractivity (Wildman–Crippen MR) is 66.4 cm³/mol. The van der Waals surface area contributed by atoms with E-state index in [2.05, 4.69) is 44.3 Å². The minimum absolute atomic E-state index is 0.546. The Balaban J connectivity index is 2.10. The minimum atomic E-state index is 0.546. The molecule has 1 nitrogen and oxygen atoms in total. The molecule has 0 saturated carbocycles. The summed E-state index contributed by atoms with van der Waals surface area (Å²) in [6, 6.07) is 7.39. The van der Waals surface area contributed by atoms with Gasteiger partial charge in [0, 0.05) is 11.7 Å². The quantitative estimate of drug-likeness (QED) is 0.791. The molecule has 0 spiro atoms. The molecule has 1 heteroatoms. The Labute approximate surface area is 92.9 Å². The molecule has 0 aliphatic heterocycles. The molecule has 15 heavy (non-hydrogen) atoms. The molecule has 0 amide bonds. The molecule has 1 aromatic rings. The van der Waals surface area contributed by atoms with Crippen molar-refractivity contribution in [2.24, 2.45) is 5.92 Å². The third-order valence-electron chi connectivity index (χ3n) is 3.49. The summed E-state index contributed by atoms with van der Waals surface area (Å²) in [5.41, 5.74) is 4.39. The third kappa shape index (κ3) is 2.34. The highest BCUT2D eigenvalue weighted by atomic mass is 14.9. The maximum absolute atomic E-state index is 3.57. The molecule has 0 unspecified atom stereocenters. The maximum atomic E-state index is 3.57. The van der Waals surface area contributed by atoms with Gasteiger partial charge >= 0.3 is 0 Å². The second-order valence-corrected chi connectivity index (χ2v) is 5.01. The molecular weight excluding hydrogens is 182 g/mol. The molecule has 0 heterocycles. The summed E-state index contributed by atoms with van der Waals surface area (Å²) in [4.78, 5) is 0. The van der Waals surface area contributed by atoms with Crippen molar-refractivity contribution >= 4 is 5.69 Å². The van der Waals surface area contributed by atoms with Crippen molar-refractivity contribution in [2.75, 3.05) is 5.32 Å². The number of benzene rings is 1. The summed E-state index contributed by atoms with van der Waals surface area (Å²) < 4.78 is 0. The van der Waals surface area contributed by atoms with Crippen LogP contribution in [-0.4, -0.2) is 6.04 Å². The fourth-order valence-electron chi connectivity index (χ4n) is 2.09. The number of hydrogen-bond acceptors (Lipinski definition) is 1. The molecule has 2 rings (SSSR count). The summed E-state index contributed by atoms with van der Waals surface area (Å²) in [6.45, 7) is 6.76. The first-order valence-corrected chi connectivity index (χ1v) is 6.05. The zero-order valence-corrected chi connectivity index (χ0v) is 10.0.